The topological polar surface area (TPSA) is 41.5 Å². The van der Waals surface area contributed by atoms with Crippen molar-refractivity contribution in [3.63, 3.8) is 0 Å². The largest absolute Gasteiger partial charge is 0.491 e. The van der Waals surface area contributed by atoms with E-state index in [-0.39, 0.29) is 19.7 Å². The lowest BCUT2D eigenvalue weighted by atomic mass is 10.1. The molecule has 0 saturated carbocycles. The molecule has 0 aliphatic rings. The Morgan fingerprint density at radius 2 is 1.83 bits per heavy atom. The van der Waals surface area contributed by atoms with Gasteiger partial charge in [-0.05, 0) is 35.9 Å². The third-order valence-corrected chi connectivity index (χ3v) is 3.75. The summed E-state index contributed by atoms with van der Waals surface area (Å²) in [5.41, 5.74) is -0.174. The van der Waals surface area contributed by atoms with E-state index in [1.165, 1.54) is 6.07 Å². The van der Waals surface area contributed by atoms with Crippen LogP contribution in [0.4, 0.5) is 13.2 Å². The molecule has 0 unspecified atom stereocenters. The molecule has 130 valence electrons. The predicted octanol–water partition coefficient (Wildman–Crippen LogP) is 4.00. The highest BCUT2D eigenvalue weighted by Gasteiger charge is 2.30. The molecular weight excluding hydrogens is 387 g/mol. The molecule has 0 aliphatic carbocycles. The lowest BCUT2D eigenvalue weighted by Crippen LogP contribution is -2.31. The second-order valence-electron chi connectivity index (χ2n) is 5.25. The number of alkyl halides is 3. The van der Waals surface area contributed by atoms with E-state index in [1.807, 2.05) is 12.1 Å². The van der Waals surface area contributed by atoms with Crippen molar-refractivity contribution in [3.05, 3.63) is 64.1 Å². The average Bonchev–Trinajstić information content (AvgIpc) is 2.54. The monoisotopic (exact) mass is 403 g/mol. The van der Waals surface area contributed by atoms with Crippen LogP contribution in [0.25, 0.3) is 0 Å². The molecular formula is C17H17BrF3NO2. The average molecular weight is 404 g/mol. The number of benzene rings is 2. The number of aliphatic hydroxyl groups excluding tert-OH is 1. The third kappa shape index (κ3) is 6.14. The fourth-order valence-corrected chi connectivity index (χ4v) is 2.29. The lowest BCUT2D eigenvalue weighted by Gasteiger charge is -2.14. The molecule has 2 N–H and O–H groups in total. The Bertz CT molecular complexity index is 647. The van der Waals surface area contributed by atoms with Crippen LogP contribution in [0.2, 0.25) is 0 Å². The van der Waals surface area contributed by atoms with Crippen LogP contribution in [0.5, 0.6) is 5.75 Å². The zero-order valence-electron chi connectivity index (χ0n) is 12.7. The second kappa shape index (κ2) is 8.50. The van der Waals surface area contributed by atoms with Crippen LogP contribution in [0.15, 0.2) is 53.0 Å². The number of aliphatic hydroxyl groups is 1. The summed E-state index contributed by atoms with van der Waals surface area (Å²) in [5.74, 6) is 0.634. The van der Waals surface area contributed by atoms with E-state index < -0.39 is 17.8 Å². The van der Waals surface area contributed by atoms with E-state index in [9.17, 15) is 18.3 Å². The van der Waals surface area contributed by atoms with Crippen molar-refractivity contribution in [3.8, 4) is 5.75 Å². The second-order valence-corrected chi connectivity index (χ2v) is 6.16. The van der Waals surface area contributed by atoms with Gasteiger partial charge in [-0.25, -0.2) is 0 Å². The molecule has 1 atom stereocenters. The molecule has 0 aliphatic heterocycles. The number of rotatable bonds is 7. The van der Waals surface area contributed by atoms with E-state index in [0.717, 1.165) is 16.6 Å². The van der Waals surface area contributed by atoms with Gasteiger partial charge in [-0.15, -0.1) is 0 Å². The molecule has 0 spiro atoms. The molecule has 0 radical (unpaired) electrons. The molecule has 7 heteroatoms. The Hall–Kier alpha value is -1.57. The van der Waals surface area contributed by atoms with Gasteiger partial charge in [0, 0.05) is 17.6 Å². The summed E-state index contributed by atoms with van der Waals surface area (Å²) >= 11 is 3.31. The first-order chi connectivity index (χ1) is 11.3. The molecule has 2 rings (SSSR count). The highest BCUT2D eigenvalue weighted by atomic mass is 79.9. The minimum atomic E-state index is -4.35. The molecule has 0 amide bonds. The number of halogens is 4. The van der Waals surface area contributed by atoms with E-state index in [4.69, 9.17) is 4.74 Å². The van der Waals surface area contributed by atoms with Crippen LogP contribution in [0.1, 0.15) is 11.1 Å². The summed E-state index contributed by atoms with van der Waals surface area (Å²) in [6.45, 7) is 0.545. The van der Waals surface area contributed by atoms with Gasteiger partial charge in [-0.1, -0.05) is 34.1 Å². The first kappa shape index (κ1) is 18.8. The van der Waals surface area contributed by atoms with Gasteiger partial charge >= 0.3 is 6.18 Å². The van der Waals surface area contributed by atoms with E-state index in [2.05, 4.69) is 21.2 Å². The van der Waals surface area contributed by atoms with Crippen LogP contribution >= 0.6 is 15.9 Å². The maximum absolute atomic E-state index is 12.6. The summed E-state index contributed by atoms with van der Waals surface area (Å²) in [6, 6.07) is 12.3. The molecule has 2 aromatic carbocycles. The summed E-state index contributed by atoms with van der Waals surface area (Å²) < 4.78 is 44.2. The first-order valence-electron chi connectivity index (χ1n) is 7.28. The van der Waals surface area contributed by atoms with Gasteiger partial charge in [-0.3, -0.25) is 0 Å². The summed E-state index contributed by atoms with van der Waals surface area (Å²) in [7, 11) is 0. The zero-order chi connectivity index (χ0) is 17.6. The molecule has 0 heterocycles. The van der Waals surface area contributed by atoms with Crippen LogP contribution < -0.4 is 10.1 Å². The van der Waals surface area contributed by atoms with Gasteiger partial charge < -0.3 is 15.2 Å². The molecule has 24 heavy (non-hydrogen) atoms. The Balaban J connectivity index is 1.74. The molecule has 2 aromatic rings. The Morgan fingerprint density at radius 1 is 1.12 bits per heavy atom. The fraction of sp³-hybridized carbons (Fsp3) is 0.294. The van der Waals surface area contributed by atoms with Crippen LogP contribution in [0.3, 0.4) is 0 Å². The highest BCUT2D eigenvalue weighted by molar-refractivity contribution is 9.10. The third-order valence-electron chi connectivity index (χ3n) is 3.22. The highest BCUT2D eigenvalue weighted by Crippen LogP contribution is 2.29. The normalized spacial score (nSPS) is 12.9. The SMILES string of the molecule is O[C@H](CNCc1cccc(C(F)(F)F)c1)COc1ccc(Br)cc1. The van der Waals surface area contributed by atoms with Gasteiger partial charge in [0.1, 0.15) is 18.5 Å². The summed E-state index contributed by atoms with van der Waals surface area (Å²) in [6.07, 6.45) is -5.12. The van der Waals surface area contributed by atoms with Gasteiger partial charge in [-0.2, -0.15) is 13.2 Å². The lowest BCUT2D eigenvalue weighted by molar-refractivity contribution is -0.137. The Morgan fingerprint density at radius 3 is 2.50 bits per heavy atom. The van der Waals surface area contributed by atoms with Gasteiger partial charge in [0.2, 0.25) is 0 Å². The molecule has 0 aromatic heterocycles. The quantitative estimate of drug-likeness (QED) is 0.733. The van der Waals surface area contributed by atoms with E-state index >= 15 is 0 Å². The van der Waals surface area contributed by atoms with Gasteiger partial charge in [0.15, 0.2) is 0 Å². The molecule has 3 nitrogen and oxygen atoms in total. The molecule has 0 fully saturated rings. The minimum Gasteiger partial charge on any atom is -0.491 e. The molecule has 0 bridgehead atoms. The van der Waals surface area contributed by atoms with Crippen molar-refractivity contribution in [2.75, 3.05) is 13.2 Å². The summed E-state index contributed by atoms with van der Waals surface area (Å²) in [5, 5.41) is 12.8. The predicted molar refractivity (Wildman–Crippen MR) is 88.8 cm³/mol. The number of nitrogens with one attached hydrogen (secondary N) is 1. The fourth-order valence-electron chi connectivity index (χ4n) is 2.02. The van der Waals surface area contributed by atoms with Crippen LogP contribution in [-0.4, -0.2) is 24.4 Å². The standard InChI is InChI=1S/C17H17BrF3NO2/c18-14-4-6-16(7-5-14)24-11-15(23)10-22-9-12-2-1-3-13(8-12)17(19,20)21/h1-8,15,22-23H,9-11H2/t15-/m1/s1. The van der Waals surface area contributed by atoms with Gasteiger partial charge in [0.05, 0.1) is 5.56 Å². The maximum Gasteiger partial charge on any atom is 0.416 e. The number of hydrogen-bond acceptors (Lipinski definition) is 3. The number of ether oxygens (including phenoxy) is 1. The first-order valence-corrected chi connectivity index (χ1v) is 8.07. The number of hydrogen-bond donors (Lipinski definition) is 2. The van der Waals surface area contributed by atoms with Crippen molar-refractivity contribution < 1.29 is 23.0 Å². The summed E-state index contributed by atoms with van der Waals surface area (Å²) in [4.78, 5) is 0. The van der Waals surface area contributed by atoms with Crippen LogP contribution in [-0.2, 0) is 12.7 Å². The minimum absolute atomic E-state index is 0.0945. The Labute approximate surface area is 146 Å². The van der Waals surface area contributed by atoms with E-state index in [0.29, 0.717) is 11.3 Å². The van der Waals surface area contributed by atoms with Crippen molar-refractivity contribution >= 4 is 15.9 Å². The van der Waals surface area contributed by atoms with Crippen LogP contribution in [0, 0.1) is 0 Å². The van der Waals surface area contributed by atoms with Crippen molar-refractivity contribution in [2.24, 2.45) is 0 Å². The maximum atomic E-state index is 12.6. The molecule has 0 saturated heterocycles. The van der Waals surface area contributed by atoms with E-state index in [1.54, 1.807) is 18.2 Å². The van der Waals surface area contributed by atoms with Crippen molar-refractivity contribution in [1.82, 2.24) is 5.32 Å². The zero-order valence-corrected chi connectivity index (χ0v) is 14.3. The van der Waals surface area contributed by atoms with Crippen molar-refractivity contribution in [2.45, 2.75) is 18.8 Å². The Kier molecular flexibility index (Phi) is 6.65. The van der Waals surface area contributed by atoms with Gasteiger partial charge in [0.25, 0.3) is 0 Å². The van der Waals surface area contributed by atoms with Crippen molar-refractivity contribution in [1.29, 1.82) is 0 Å². The smallest absolute Gasteiger partial charge is 0.416 e.